The minimum absolute atomic E-state index is 0.0267. The van der Waals surface area contributed by atoms with E-state index in [0.717, 1.165) is 38.5 Å². The van der Waals surface area contributed by atoms with Gasteiger partial charge in [0.25, 0.3) is 6.04 Å². The van der Waals surface area contributed by atoms with Crippen LogP contribution in [-0.2, 0) is 21.4 Å². The van der Waals surface area contributed by atoms with Crippen LogP contribution in [0.15, 0.2) is 24.3 Å². The molecule has 0 amide bonds. The summed E-state index contributed by atoms with van der Waals surface area (Å²) in [5.74, 6) is 1.54. The van der Waals surface area contributed by atoms with Gasteiger partial charge >= 0.3 is 5.97 Å². The van der Waals surface area contributed by atoms with Gasteiger partial charge in [0.1, 0.15) is 0 Å². The number of rotatable bonds is 26. The van der Waals surface area contributed by atoms with Crippen LogP contribution in [0.4, 0.5) is 0 Å². The van der Waals surface area contributed by atoms with Crippen molar-refractivity contribution >= 4 is 5.97 Å². The second-order valence-electron chi connectivity index (χ2n) is 13.0. The topological polar surface area (TPSA) is 149 Å². The predicted octanol–water partition coefficient (Wildman–Crippen LogP) is 8.66. The van der Waals surface area contributed by atoms with E-state index in [9.17, 15) is 20.2 Å². The van der Waals surface area contributed by atoms with Gasteiger partial charge in [-0.2, -0.15) is 5.26 Å². The molecule has 290 valence electrons. The smallest absolute Gasteiger partial charge is 0.303 e. The molecule has 3 unspecified atom stereocenters. The Kier molecular flexibility index (Phi) is 19.0. The van der Waals surface area contributed by atoms with Crippen molar-refractivity contribution in [3.05, 3.63) is 45.5 Å². The number of hydrogen-bond acceptors (Lipinski definition) is 11. The average molecular weight is 729 g/mol. The molecule has 0 bridgehead atoms. The highest BCUT2D eigenvalue weighted by Crippen LogP contribution is 2.54. The summed E-state index contributed by atoms with van der Waals surface area (Å²) in [4.78, 5) is 24.8. The van der Waals surface area contributed by atoms with Crippen molar-refractivity contribution in [3.63, 3.8) is 0 Å². The molecule has 3 atom stereocenters. The maximum absolute atomic E-state index is 12.7. The van der Waals surface area contributed by atoms with E-state index in [0.29, 0.717) is 71.7 Å². The van der Waals surface area contributed by atoms with Gasteiger partial charge in [0.2, 0.25) is 11.5 Å². The maximum atomic E-state index is 12.7. The van der Waals surface area contributed by atoms with E-state index in [4.69, 9.17) is 33.2 Å². The Morgan fingerprint density at radius 2 is 1.44 bits per heavy atom. The number of nitro groups is 1. The van der Waals surface area contributed by atoms with E-state index in [1.807, 2.05) is 19.9 Å². The number of nitrogens with zero attached hydrogens (tertiary/aromatic N) is 2. The molecule has 0 saturated carbocycles. The largest absolute Gasteiger partial charge is 0.493 e. The van der Waals surface area contributed by atoms with Crippen LogP contribution in [0.3, 0.4) is 0 Å². The lowest BCUT2D eigenvalue weighted by molar-refractivity contribution is -0.533. The van der Waals surface area contributed by atoms with Gasteiger partial charge in [0.15, 0.2) is 29.1 Å². The van der Waals surface area contributed by atoms with Crippen molar-refractivity contribution in [2.45, 2.75) is 123 Å². The molecule has 0 aliphatic carbocycles. The number of unbranched alkanes of at least 4 members (excludes halogenated alkanes) is 4. The average Bonchev–Trinajstić information content (AvgIpc) is 3.14. The molecule has 0 radical (unpaired) electrons. The van der Waals surface area contributed by atoms with E-state index >= 15 is 0 Å². The van der Waals surface area contributed by atoms with E-state index in [1.54, 1.807) is 18.2 Å². The van der Waals surface area contributed by atoms with Crippen molar-refractivity contribution in [3.8, 4) is 40.6 Å². The molecule has 0 spiro atoms. The molecule has 2 rings (SSSR count). The lowest BCUT2D eigenvalue weighted by Gasteiger charge is -2.37. The quantitative estimate of drug-likeness (QED) is 0.0396. The molecule has 2 aromatic rings. The third-order valence-electron chi connectivity index (χ3n) is 9.66. The monoisotopic (exact) mass is 728 g/mol. The molecule has 12 nitrogen and oxygen atoms in total. The van der Waals surface area contributed by atoms with Crippen LogP contribution >= 0.6 is 0 Å². The number of methoxy groups -OCH3 is 4. The number of benzene rings is 2. The fourth-order valence-electron chi connectivity index (χ4n) is 6.88. The van der Waals surface area contributed by atoms with E-state index < -0.39 is 28.5 Å². The van der Waals surface area contributed by atoms with Gasteiger partial charge in [-0.25, -0.2) is 0 Å². The molecule has 0 N–H and O–H groups in total. The van der Waals surface area contributed by atoms with Crippen LogP contribution in [0, 0.1) is 27.4 Å². The third kappa shape index (κ3) is 11.3. The van der Waals surface area contributed by atoms with Gasteiger partial charge in [-0.3, -0.25) is 14.9 Å². The summed E-state index contributed by atoms with van der Waals surface area (Å²) in [6, 6.07) is 8.24. The molecule has 52 heavy (non-hydrogen) atoms. The van der Waals surface area contributed by atoms with E-state index in [-0.39, 0.29) is 25.2 Å². The first-order chi connectivity index (χ1) is 25.0. The van der Waals surface area contributed by atoms with E-state index in [2.05, 4.69) is 19.9 Å². The van der Waals surface area contributed by atoms with Gasteiger partial charge in [0, 0.05) is 23.8 Å². The van der Waals surface area contributed by atoms with Crippen molar-refractivity contribution in [1.29, 1.82) is 5.26 Å². The molecule has 0 saturated heterocycles. The van der Waals surface area contributed by atoms with Gasteiger partial charge in [-0.1, -0.05) is 72.3 Å². The SMILES string of the molecule is CCCCCOc1cc(C(C#N)(CCC(OC(C)=O)C(Cc2ccc(OC)c(OC)c2)[N+](=O)[O-])C(CC)CC)c(OCCCCC)c(OC)c1OC. The highest BCUT2D eigenvalue weighted by molar-refractivity contribution is 5.67. The molecule has 2 aromatic carbocycles. The van der Waals surface area contributed by atoms with Gasteiger partial charge < -0.3 is 33.2 Å². The first-order valence-corrected chi connectivity index (χ1v) is 18.5. The molecule has 0 aromatic heterocycles. The molecular weight excluding hydrogens is 668 g/mol. The highest BCUT2D eigenvalue weighted by Gasteiger charge is 2.46. The van der Waals surface area contributed by atoms with Crippen LogP contribution in [0.5, 0.6) is 34.5 Å². The summed E-state index contributed by atoms with van der Waals surface area (Å²) in [5.41, 5.74) is -0.0777. The minimum Gasteiger partial charge on any atom is -0.493 e. The zero-order chi connectivity index (χ0) is 38.7. The Hall–Kier alpha value is -4.40. The van der Waals surface area contributed by atoms with Gasteiger partial charge in [0.05, 0.1) is 53.1 Å². The summed E-state index contributed by atoms with van der Waals surface area (Å²) in [6.45, 7) is 10.3. The Balaban J connectivity index is 2.80. The second kappa shape index (κ2) is 22.5. The summed E-state index contributed by atoms with van der Waals surface area (Å²) < 4.78 is 41.1. The zero-order valence-corrected chi connectivity index (χ0v) is 32.7. The summed E-state index contributed by atoms with van der Waals surface area (Å²) in [7, 11) is 6.07. The zero-order valence-electron chi connectivity index (χ0n) is 32.7. The fourth-order valence-corrected chi connectivity index (χ4v) is 6.88. The Morgan fingerprint density at radius 1 is 0.827 bits per heavy atom. The summed E-state index contributed by atoms with van der Waals surface area (Å²) in [5, 5.41) is 24.0. The minimum atomic E-state index is -1.31. The fraction of sp³-hybridized carbons (Fsp3) is 0.650. The maximum Gasteiger partial charge on any atom is 0.303 e. The van der Waals surface area contributed by atoms with Crippen molar-refractivity contribution < 1.29 is 42.9 Å². The molecule has 12 heteroatoms. The predicted molar refractivity (Wildman–Crippen MR) is 200 cm³/mol. The van der Waals surface area contributed by atoms with Gasteiger partial charge in [-0.15, -0.1) is 0 Å². The Labute approximate surface area is 310 Å². The number of ether oxygens (including phenoxy) is 7. The lowest BCUT2D eigenvalue weighted by atomic mass is 9.65. The second-order valence-corrected chi connectivity index (χ2v) is 13.0. The Morgan fingerprint density at radius 3 is 1.94 bits per heavy atom. The number of esters is 1. The molecule has 0 fully saturated rings. The molecule has 0 aliphatic rings. The van der Waals surface area contributed by atoms with Crippen LogP contribution in [0.2, 0.25) is 0 Å². The van der Waals surface area contributed by atoms with Crippen molar-refractivity contribution in [2.75, 3.05) is 41.7 Å². The number of hydrogen-bond donors (Lipinski definition) is 0. The van der Waals surface area contributed by atoms with E-state index in [1.165, 1.54) is 35.4 Å². The van der Waals surface area contributed by atoms with Crippen molar-refractivity contribution in [2.24, 2.45) is 5.92 Å². The van der Waals surface area contributed by atoms with Crippen molar-refractivity contribution in [1.82, 2.24) is 0 Å². The summed E-state index contributed by atoms with van der Waals surface area (Å²) >= 11 is 0. The number of carbonyl (C=O) groups excluding carboxylic acids is 1. The molecule has 0 heterocycles. The number of nitriles is 1. The first kappa shape index (κ1) is 43.8. The summed E-state index contributed by atoms with van der Waals surface area (Å²) in [6.07, 6.45) is 5.78. The van der Waals surface area contributed by atoms with Crippen LogP contribution in [-0.4, -0.2) is 64.7 Å². The third-order valence-corrected chi connectivity index (χ3v) is 9.66. The molecular formula is C40H60N2O10. The lowest BCUT2D eigenvalue weighted by Crippen LogP contribution is -2.41. The number of carbonyl (C=O) groups is 1. The first-order valence-electron chi connectivity index (χ1n) is 18.5. The van der Waals surface area contributed by atoms with Crippen LogP contribution < -0.4 is 28.4 Å². The molecule has 0 aliphatic heterocycles. The van der Waals surface area contributed by atoms with Crippen LogP contribution in [0.1, 0.15) is 110 Å². The van der Waals surface area contributed by atoms with Crippen LogP contribution in [0.25, 0.3) is 0 Å². The normalized spacial score (nSPS) is 13.3. The standard InChI is InChI=1S/C40H60N2O10/c1-10-14-16-22-50-36-26-31(37(51-23-17-15-11-2)39(49-9)38(36)48-8)40(27-41,30(12-3)13-4)21-20-33(52-28(5)43)32(42(44)45)24-29-18-19-34(46-6)35(25-29)47-7/h18-19,25-26,30,32-33H,10-17,20-24H2,1-9H3. The van der Waals surface area contributed by atoms with Gasteiger partial charge in [-0.05, 0) is 55.4 Å². The highest BCUT2D eigenvalue weighted by atomic mass is 16.6. The Bertz CT molecular complexity index is 1450.